The summed E-state index contributed by atoms with van der Waals surface area (Å²) in [6, 6.07) is 0. The molecule has 0 aromatic carbocycles. The van der Waals surface area contributed by atoms with E-state index in [0.29, 0.717) is 6.61 Å². The number of hydrogen-bond donors (Lipinski definition) is 1. The van der Waals surface area contributed by atoms with Gasteiger partial charge in [0.15, 0.2) is 6.29 Å². The van der Waals surface area contributed by atoms with Crippen LogP contribution in [0.2, 0.25) is 0 Å². The molecule has 0 spiro atoms. The third-order valence-corrected chi connectivity index (χ3v) is 7.59. The number of aliphatic hydroxyl groups is 1. The lowest BCUT2D eigenvalue weighted by molar-refractivity contribution is -0.0480. The topological polar surface area (TPSA) is 38.7 Å². The maximum atomic E-state index is 9.44. The van der Waals surface area contributed by atoms with Gasteiger partial charge in [-0.05, 0) is 57.3 Å². The first-order chi connectivity index (χ1) is 17.9. The Hall–Kier alpha value is -0.640. The molecular weight excluding hydrogens is 444 g/mol. The Labute approximate surface area is 225 Å². The summed E-state index contributed by atoms with van der Waals surface area (Å²) in [5, 5.41) is 9.44. The standard InChI is InChI=1S/C33H62O3/c1-2-3-4-5-6-7-8-9-10-11-12-13-14-15-16-19-22-25-32(28-29-34)26-23-20-17-18-21-24-27-33-35-30-31-36-33/h6-7,9-10,32-34H,2-5,8,11-31H2,1H3. The van der Waals surface area contributed by atoms with Crippen LogP contribution < -0.4 is 0 Å². The Kier molecular flexibility index (Phi) is 25.4. The van der Waals surface area contributed by atoms with Gasteiger partial charge in [-0.15, -0.1) is 0 Å². The molecule has 0 aromatic rings. The average molecular weight is 507 g/mol. The molecule has 3 heteroatoms. The van der Waals surface area contributed by atoms with Gasteiger partial charge in [0.1, 0.15) is 0 Å². The van der Waals surface area contributed by atoms with Crippen LogP contribution >= 0.6 is 0 Å². The Balaban J connectivity index is 1.84. The van der Waals surface area contributed by atoms with E-state index >= 15 is 0 Å². The monoisotopic (exact) mass is 506 g/mol. The maximum Gasteiger partial charge on any atom is 0.157 e. The van der Waals surface area contributed by atoms with Crippen molar-refractivity contribution in [2.45, 2.75) is 161 Å². The van der Waals surface area contributed by atoms with Gasteiger partial charge < -0.3 is 14.6 Å². The minimum absolute atomic E-state index is 0.0779. The quantitative estimate of drug-likeness (QED) is 0.0889. The number of ether oxygens (including phenoxy) is 2. The van der Waals surface area contributed by atoms with Crippen molar-refractivity contribution < 1.29 is 14.6 Å². The van der Waals surface area contributed by atoms with E-state index in [4.69, 9.17) is 9.47 Å². The van der Waals surface area contributed by atoms with Gasteiger partial charge in [-0.3, -0.25) is 0 Å². The van der Waals surface area contributed by atoms with Crippen LogP contribution in [-0.2, 0) is 9.47 Å². The van der Waals surface area contributed by atoms with E-state index in [2.05, 4.69) is 31.2 Å². The number of rotatable bonds is 27. The highest BCUT2D eigenvalue weighted by Gasteiger charge is 2.14. The molecule has 1 aliphatic heterocycles. The highest BCUT2D eigenvalue weighted by atomic mass is 16.7. The summed E-state index contributed by atoms with van der Waals surface area (Å²) in [6.07, 6.45) is 39.3. The molecular formula is C33H62O3. The lowest BCUT2D eigenvalue weighted by atomic mass is 9.91. The second kappa shape index (κ2) is 27.4. The van der Waals surface area contributed by atoms with Gasteiger partial charge in [-0.2, -0.15) is 0 Å². The molecule has 0 saturated carbocycles. The third kappa shape index (κ3) is 22.5. The first kappa shape index (κ1) is 33.4. The fourth-order valence-electron chi connectivity index (χ4n) is 5.24. The zero-order valence-corrected chi connectivity index (χ0v) is 24.1. The van der Waals surface area contributed by atoms with E-state index in [1.54, 1.807) is 0 Å². The van der Waals surface area contributed by atoms with Gasteiger partial charge in [0.2, 0.25) is 0 Å². The number of hydrogen-bond acceptors (Lipinski definition) is 3. The van der Waals surface area contributed by atoms with E-state index in [-0.39, 0.29) is 6.29 Å². The molecule has 0 aliphatic carbocycles. The summed E-state index contributed by atoms with van der Waals surface area (Å²) < 4.78 is 11.0. The summed E-state index contributed by atoms with van der Waals surface area (Å²) in [5.41, 5.74) is 0. The van der Waals surface area contributed by atoms with Crippen LogP contribution in [0, 0.1) is 5.92 Å². The van der Waals surface area contributed by atoms with Gasteiger partial charge in [0.05, 0.1) is 13.2 Å². The van der Waals surface area contributed by atoms with Gasteiger partial charge in [0, 0.05) is 6.61 Å². The van der Waals surface area contributed by atoms with Crippen LogP contribution in [0.25, 0.3) is 0 Å². The molecule has 0 amide bonds. The summed E-state index contributed by atoms with van der Waals surface area (Å²) in [5.74, 6) is 0.740. The molecule has 0 aromatic heterocycles. The molecule has 1 fully saturated rings. The molecule has 1 rings (SSSR count). The van der Waals surface area contributed by atoms with E-state index < -0.39 is 0 Å². The van der Waals surface area contributed by atoms with Crippen LogP contribution in [0.4, 0.5) is 0 Å². The van der Waals surface area contributed by atoms with Crippen LogP contribution in [0.3, 0.4) is 0 Å². The highest BCUT2D eigenvalue weighted by molar-refractivity contribution is 4.92. The SMILES string of the molecule is CCCCCC=CCC=CCCCCCCCCCC(CCO)CCCCCCCCC1OCCO1. The number of aliphatic hydroxyl groups excluding tert-OH is 1. The summed E-state index contributed by atoms with van der Waals surface area (Å²) >= 11 is 0. The van der Waals surface area contributed by atoms with Crippen molar-refractivity contribution in [2.75, 3.05) is 19.8 Å². The Morgan fingerprint density at radius 1 is 0.611 bits per heavy atom. The molecule has 0 bridgehead atoms. The predicted molar refractivity (Wildman–Crippen MR) is 156 cm³/mol. The van der Waals surface area contributed by atoms with Gasteiger partial charge in [-0.25, -0.2) is 0 Å². The second-order valence-electron chi connectivity index (χ2n) is 11.0. The lowest BCUT2D eigenvalue weighted by Crippen LogP contribution is -2.06. The van der Waals surface area contributed by atoms with Crippen LogP contribution in [0.15, 0.2) is 24.3 Å². The Morgan fingerprint density at radius 3 is 1.67 bits per heavy atom. The molecule has 1 heterocycles. The van der Waals surface area contributed by atoms with Crippen molar-refractivity contribution in [1.82, 2.24) is 0 Å². The van der Waals surface area contributed by atoms with E-state index in [1.807, 2.05) is 0 Å². The molecule has 1 unspecified atom stereocenters. The zero-order valence-electron chi connectivity index (χ0n) is 24.1. The van der Waals surface area contributed by atoms with E-state index in [1.165, 1.54) is 128 Å². The summed E-state index contributed by atoms with van der Waals surface area (Å²) in [6.45, 7) is 4.17. The van der Waals surface area contributed by atoms with Crippen LogP contribution in [-0.4, -0.2) is 31.2 Å². The number of unbranched alkanes of at least 4 members (excludes halogenated alkanes) is 15. The van der Waals surface area contributed by atoms with Gasteiger partial charge >= 0.3 is 0 Å². The first-order valence-electron chi connectivity index (χ1n) is 16.0. The van der Waals surface area contributed by atoms with E-state index in [0.717, 1.165) is 38.4 Å². The van der Waals surface area contributed by atoms with Gasteiger partial charge in [-0.1, -0.05) is 128 Å². The summed E-state index contributed by atoms with van der Waals surface area (Å²) in [7, 11) is 0. The Bertz CT molecular complexity index is 481. The second-order valence-corrected chi connectivity index (χ2v) is 11.0. The average Bonchev–Trinajstić information content (AvgIpc) is 3.41. The first-order valence-corrected chi connectivity index (χ1v) is 16.0. The molecule has 3 nitrogen and oxygen atoms in total. The molecule has 36 heavy (non-hydrogen) atoms. The fourth-order valence-corrected chi connectivity index (χ4v) is 5.24. The van der Waals surface area contributed by atoms with Crippen LogP contribution in [0.1, 0.15) is 155 Å². The molecule has 1 saturated heterocycles. The largest absolute Gasteiger partial charge is 0.396 e. The molecule has 212 valence electrons. The van der Waals surface area contributed by atoms with Crippen molar-refractivity contribution in [3.8, 4) is 0 Å². The fraction of sp³-hybridized carbons (Fsp3) is 0.879. The minimum atomic E-state index is 0.0779. The normalized spacial score (nSPS) is 15.6. The third-order valence-electron chi connectivity index (χ3n) is 7.59. The summed E-state index contributed by atoms with van der Waals surface area (Å²) in [4.78, 5) is 0. The molecule has 1 N–H and O–H groups in total. The lowest BCUT2D eigenvalue weighted by Gasteiger charge is -2.15. The zero-order chi connectivity index (χ0) is 25.8. The smallest absolute Gasteiger partial charge is 0.157 e. The highest BCUT2D eigenvalue weighted by Crippen LogP contribution is 2.22. The van der Waals surface area contributed by atoms with Crippen molar-refractivity contribution in [3.63, 3.8) is 0 Å². The van der Waals surface area contributed by atoms with Crippen molar-refractivity contribution in [3.05, 3.63) is 24.3 Å². The minimum Gasteiger partial charge on any atom is -0.396 e. The maximum absolute atomic E-state index is 9.44. The van der Waals surface area contributed by atoms with E-state index in [9.17, 15) is 5.11 Å². The molecule has 1 aliphatic rings. The number of allylic oxidation sites excluding steroid dienone is 4. The van der Waals surface area contributed by atoms with Crippen molar-refractivity contribution in [1.29, 1.82) is 0 Å². The predicted octanol–water partition coefficient (Wildman–Crippen LogP) is 10.1. The van der Waals surface area contributed by atoms with Crippen molar-refractivity contribution in [2.24, 2.45) is 5.92 Å². The van der Waals surface area contributed by atoms with Crippen molar-refractivity contribution >= 4 is 0 Å². The Morgan fingerprint density at radius 2 is 1.11 bits per heavy atom. The molecule has 0 radical (unpaired) electrons. The van der Waals surface area contributed by atoms with Gasteiger partial charge in [0.25, 0.3) is 0 Å². The molecule has 1 atom stereocenters. The van der Waals surface area contributed by atoms with Crippen LogP contribution in [0.5, 0.6) is 0 Å².